The van der Waals surface area contributed by atoms with E-state index in [0.717, 1.165) is 17.7 Å². The summed E-state index contributed by atoms with van der Waals surface area (Å²) >= 11 is 1.22. The van der Waals surface area contributed by atoms with Crippen LogP contribution in [0.4, 0.5) is 5.13 Å². The molecular formula is C28H29N3O5S. The van der Waals surface area contributed by atoms with Crippen LogP contribution >= 0.6 is 11.3 Å². The second-order valence-electron chi connectivity index (χ2n) is 9.83. The van der Waals surface area contributed by atoms with Gasteiger partial charge in [0.25, 0.3) is 5.78 Å². The fourth-order valence-electron chi connectivity index (χ4n) is 4.64. The largest absolute Gasteiger partial charge is 0.507 e. The molecule has 8 nitrogen and oxygen atoms in total. The summed E-state index contributed by atoms with van der Waals surface area (Å²) in [7, 11) is 0. The molecule has 2 aliphatic rings. The van der Waals surface area contributed by atoms with Crippen molar-refractivity contribution in [1.29, 1.82) is 0 Å². The zero-order valence-electron chi connectivity index (χ0n) is 21.2. The summed E-state index contributed by atoms with van der Waals surface area (Å²) in [5.74, 6) is 0.119. The lowest BCUT2D eigenvalue weighted by Gasteiger charge is -2.23. The molecule has 1 saturated heterocycles. The van der Waals surface area contributed by atoms with Crippen LogP contribution in [0.25, 0.3) is 5.76 Å². The van der Waals surface area contributed by atoms with Crippen molar-refractivity contribution in [2.45, 2.75) is 52.7 Å². The lowest BCUT2D eigenvalue weighted by molar-refractivity contribution is -0.132. The fraction of sp³-hybridized carbons (Fsp3) is 0.357. The third-order valence-corrected chi connectivity index (χ3v) is 7.31. The van der Waals surface area contributed by atoms with E-state index in [1.54, 1.807) is 19.1 Å². The predicted octanol–water partition coefficient (Wildman–Crippen LogP) is 5.22. The monoisotopic (exact) mass is 519 g/mol. The number of hydrogen-bond acceptors (Lipinski definition) is 8. The molecule has 2 unspecified atom stereocenters. The Bertz CT molecular complexity index is 1400. The zero-order valence-corrected chi connectivity index (χ0v) is 22.0. The van der Waals surface area contributed by atoms with Gasteiger partial charge in [0.15, 0.2) is 0 Å². The number of aryl methyl sites for hydroxylation is 1. The van der Waals surface area contributed by atoms with Gasteiger partial charge in [0, 0.05) is 12.0 Å². The smallest absolute Gasteiger partial charge is 0.301 e. The molecule has 1 aromatic heterocycles. The molecule has 0 saturated carbocycles. The number of carbonyl (C=O) groups is 2. The first kappa shape index (κ1) is 25.0. The molecule has 1 amide bonds. The number of ketones is 1. The molecule has 0 aliphatic carbocycles. The number of anilines is 1. The maximum absolute atomic E-state index is 13.4. The Morgan fingerprint density at radius 3 is 2.76 bits per heavy atom. The van der Waals surface area contributed by atoms with Crippen LogP contribution in [0.3, 0.4) is 0 Å². The highest BCUT2D eigenvalue weighted by atomic mass is 32.1. The van der Waals surface area contributed by atoms with Crippen LogP contribution in [-0.2, 0) is 16.0 Å². The number of carbonyl (C=O) groups excluding carboxylic acids is 2. The van der Waals surface area contributed by atoms with E-state index in [1.165, 1.54) is 16.2 Å². The molecule has 37 heavy (non-hydrogen) atoms. The first-order chi connectivity index (χ1) is 17.7. The van der Waals surface area contributed by atoms with E-state index < -0.39 is 17.7 Å². The van der Waals surface area contributed by atoms with Crippen molar-refractivity contribution in [3.63, 3.8) is 0 Å². The summed E-state index contributed by atoms with van der Waals surface area (Å²) in [6, 6.07) is 11.7. The first-order valence-electron chi connectivity index (χ1n) is 12.4. The molecule has 0 bridgehead atoms. The number of ether oxygens (including phenoxy) is 2. The maximum Gasteiger partial charge on any atom is 0.301 e. The Balaban J connectivity index is 1.61. The highest BCUT2D eigenvalue weighted by molar-refractivity contribution is 7.15. The van der Waals surface area contributed by atoms with Gasteiger partial charge in [-0.15, -0.1) is 10.2 Å². The van der Waals surface area contributed by atoms with Gasteiger partial charge in [0.2, 0.25) is 5.13 Å². The number of aromatic nitrogens is 2. The van der Waals surface area contributed by atoms with Gasteiger partial charge in [0.1, 0.15) is 28.4 Å². The SMILES string of the molecule is Cc1nnc(N2C(=O)C(=O)C(=C(O)c3ccc4c(c3)CC(C)O4)C2c2cccc(OCCC(C)C)c2)s1. The van der Waals surface area contributed by atoms with Crippen molar-refractivity contribution in [3.8, 4) is 11.5 Å². The van der Waals surface area contributed by atoms with Gasteiger partial charge in [-0.2, -0.15) is 0 Å². The Labute approximate surface area is 219 Å². The van der Waals surface area contributed by atoms with Gasteiger partial charge in [0.05, 0.1) is 18.2 Å². The first-order valence-corrected chi connectivity index (χ1v) is 13.2. The summed E-state index contributed by atoms with van der Waals surface area (Å²) in [5.41, 5.74) is 2.04. The number of aliphatic hydroxyl groups excluding tert-OH is 1. The van der Waals surface area contributed by atoms with Crippen molar-refractivity contribution < 1.29 is 24.2 Å². The number of fused-ring (bicyclic) bond motifs is 1. The Hall–Kier alpha value is -3.72. The standard InChI is InChI=1S/C28H29N3O5S/c1-15(2)10-11-35-21-7-5-6-18(14-21)24-23(26(33)27(34)31(24)28-30-29-17(4)37-28)25(32)19-8-9-22-20(13-19)12-16(3)36-22/h5-9,13-16,24,32H,10-12H2,1-4H3. The summed E-state index contributed by atoms with van der Waals surface area (Å²) in [6.07, 6.45) is 1.64. The van der Waals surface area contributed by atoms with Crippen LogP contribution in [-0.4, -0.2) is 39.7 Å². The lowest BCUT2D eigenvalue weighted by Crippen LogP contribution is -2.29. The Kier molecular flexibility index (Phi) is 6.72. The van der Waals surface area contributed by atoms with E-state index in [2.05, 4.69) is 24.0 Å². The number of nitrogens with zero attached hydrogens (tertiary/aromatic N) is 3. The van der Waals surface area contributed by atoms with Crippen LogP contribution in [0.2, 0.25) is 0 Å². The molecule has 2 aromatic carbocycles. The predicted molar refractivity (Wildman–Crippen MR) is 141 cm³/mol. The van der Waals surface area contributed by atoms with Crippen LogP contribution < -0.4 is 14.4 Å². The van der Waals surface area contributed by atoms with Gasteiger partial charge in [-0.1, -0.05) is 37.3 Å². The molecule has 1 fully saturated rings. The van der Waals surface area contributed by atoms with E-state index in [4.69, 9.17) is 9.47 Å². The highest BCUT2D eigenvalue weighted by Crippen LogP contribution is 2.44. The van der Waals surface area contributed by atoms with Crippen molar-refractivity contribution in [1.82, 2.24) is 10.2 Å². The molecule has 3 aromatic rings. The number of Topliss-reactive ketones (excluding diaryl/α,β-unsaturated/α-hetero) is 1. The van der Waals surface area contributed by atoms with Crippen LogP contribution in [0.1, 0.15) is 54.9 Å². The molecule has 0 spiro atoms. The lowest BCUT2D eigenvalue weighted by atomic mass is 9.94. The van der Waals surface area contributed by atoms with E-state index in [0.29, 0.717) is 46.0 Å². The van der Waals surface area contributed by atoms with Gasteiger partial charge < -0.3 is 14.6 Å². The average molecular weight is 520 g/mol. The second-order valence-corrected chi connectivity index (χ2v) is 11.0. The molecule has 5 rings (SSSR count). The zero-order chi connectivity index (χ0) is 26.3. The third kappa shape index (κ3) is 4.83. The minimum absolute atomic E-state index is 0.00379. The topological polar surface area (TPSA) is 102 Å². The molecule has 0 radical (unpaired) electrons. The molecule has 2 atom stereocenters. The van der Waals surface area contributed by atoms with Gasteiger partial charge in [-0.25, -0.2) is 0 Å². The summed E-state index contributed by atoms with van der Waals surface area (Å²) in [4.78, 5) is 28.1. The number of rotatable bonds is 7. The number of aliphatic hydroxyl groups is 1. The fourth-order valence-corrected chi connectivity index (χ4v) is 5.35. The molecule has 2 aliphatic heterocycles. The maximum atomic E-state index is 13.4. The van der Waals surface area contributed by atoms with E-state index in [9.17, 15) is 14.7 Å². The Morgan fingerprint density at radius 1 is 1.22 bits per heavy atom. The minimum Gasteiger partial charge on any atom is -0.507 e. The van der Waals surface area contributed by atoms with Gasteiger partial charge in [-0.3, -0.25) is 14.5 Å². The van der Waals surface area contributed by atoms with Crippen molar-refractivity contribution in [2.75, 3.05) is 11.5 Å². The number of benzene rings is 2. The van der Waals surface area contributed by atoms with E-state index in [-0.39, 0.29) is 17.4 Å². The quantitative estimate of drug-likeness (QED) is 0.259. The summed E-state index contributed by atoms with van der Waals surface area (Å²) in [5, 5.41) is 20.6. The summed E-state index contributed by atoms with van der Waals surface area (Å²) in [6.45, 7) is 8.56. The molecule has 9 heteroatoms. The minimum atomic E-state index is -0.885. The van der Waals surface area contributed by atoms with Gasteiger partial charge in [-0.05, 0) is 67.6 Å². The average Bonchev–Trinajstić information content (AvgIpc) is 3.53. The number of hydrogen-bond donors (Lipinski definition) is 1. The highest BCUT2D eigenvalue weighted by Gasteiger charge is 2.48. The second kappa shape index (κ2) is 9.97. The normalized spacial score (nSPS) is 20.4. The Morgan fingerprint density at radius 2 is 2.03 bits per heavy atom. The molecular weight excluding hydrogens is 490 g/mol. The van der Waals surface area contributed by atoms with E-state index >= 15 is 0 Å². The van der Waals surface area contributed by atoms with Crippen molar-refractivity contribution in [3.05, 3.63) is 69.7 Å². The third-order valence-electron chi connectivity index (χ3n) is 6.47. The van der Waals surface area contributed by atoms with Crippen LogP contribution in [0.5, 0.6) is 11.5 Å². The summed E-state index contributed by atoms with van der Waals surface area (Å²) < 4.78 is 11.7. The van der Waals surface area contributed by atoms with Crippen molar-refractivity contribution >= 4 is 33.9 Å². The molecule has 192 valence electrons. The van der Waals surface area contributed by atoms with E-state index in [1.807, 2.05) is 37.3 Å². The van der Waals surface area contributed by atoms with Crippen LogP contribution in [0, 0.1) is 12.8 Å². The number of amides is 1. The van der Waals surface area contributed by atoms with Gasteiger partial charge >= 0.3 is 5.91 Å². The molecule has 1 N–H and O–H groups in total. The van der Waals surface area contributed by atoms with Crippen molar-refractivity contribution in [2.24, 2.45) is 5.92 Å². The molecule has 3 heterocycles. The van der Waals surface area contributed by atoms with Crippen LogP contribution in [0.15, 0.2) is 48.0 Å².